The number of ether oxygens (including phenoxy) is 3. The summed E-state index contributed by atoms with van der Waals surface area (Å²) in [6.45, 7) is 6.55. The van der Waals surface area contributed by atoms with Crippen LogP contribution in [0, 0.1) is 5.92 Å². The maximum atomic E-state index is 12.6. The molecule has 1 heterocycles. The SMILES string of the molecule is CCOc1ccc(OC(C)C(=O)NNC(=O)C2CC(=O)N(c3ccccc3OCC)C2)cc1. The third-order valence-corrected chi connectivity index (χ3v) is 5.08. The molecule has 1 aliphatic rings. The fourth-order valence-corrected chi connectivity index (χ4v) is 3.44. The Kier molecular flexibility index (Phi) is 8.12. The lowest BCUT2D eigenvalue weighted by molar-refractivity contribution is -0.134. The smallest absolute Gasteiger partial charge is 0.279 e. The number of anilines is 1. The second-order valence-electron chi connectivity index (χ2n) is 7.45. The van der Waals surface area contributed by atoms with E-state index >= 15 is 0 Å². The molecule has 0 aromatic heterocycles. The molecule has 9 heteroatoms. The number of hydrazine groups is 1. The van der Waals surface area contributed by atoms with Crippen LogP contribution in [-0.2, 0) is 14.4 Å². The van der Waals surface area contributed by atoms with Crippen LogP contribution in [0.1, 0.15) is 27.2 Å². The number of carbonyl (C=O) groups excluding carboxylic acids is 3. The molecule has 0 spiro atoms. The minimum absolute atomic E-state index is 0.0421. The van der Waals surface area contributed by atoms with Crippen molar-refractivity contribution in [3.05, 3.63) is 48.5 Å². The summed E-state index contributed by atoms with van der Waals surface area (Å²) in [6.07, 6.45) is -0.802. The van der Waals surface area contributed by atoms with Crippen LogP contribution in [0.4, 0.5) is 5.69 Å². The molecule has 0 bridgehead atoms. The molecule has 33 heavy (non-hydrogen) atoms. The minimum Gasteiger partial charge on any atom is -0.494 e. The van der Waals surface area contributed by atoms with E-state index in [1.54, 1.807) is 43.3 Å². The van der Waals surface area contributed by atoms with Crippen molar-refractivity contribution in [3.63, 3.8) is 0 Å². The lowest BCUT2D eigenvalue weighted by Crippen LogP contribution is -2.49. The first kappa shape index (κ1) is 23.9. The Morgan fingerprint density at radius 2 is 1.67 bits per heavy atom. The van der Waals surface area contributed by atoms with Gasteiger partial charge in [-0.3, -0.25) is 25.2 Å². The van der Waals surface area contributed by atoms with Crippen LogP contribution in [0.2, 0.25) is 0 Å². The van der Waals surface area contributed by atoms with Crippen LogP contribution in [0.15, 0.2) is 48.5 Å². The van der Waals surface area contributed by atoms with Gasteiger partial charge in [-0.15, -0.1) is 0 Å². The van der Waals surface area contributed by atoms with Crippen LogP contribution in [0.25, 0.3) is 0 Å². The van der Waals surface area contributed by atoms with Crippen LogP contribution in [0.5, 0.6) is 17.2 Å². The molecule has 2 atom stereocenters. The first-order valence-corrected chi connectivity index (χ1v) is 10.9. The van der Waals surface area contributed by atoms with E-state index in [2.05, 4.69) is 10.9 Å². The van der Waals surface area contributed by atoms with E-state index in [0.29, 0.717) is 36.1 Å². The van der Waals surface area contributed by atoms with Crippen molar-refractivity contribution < 1.29 is 28.6 Å². The molecule has 2 aromatic carbocycles. The average Bonchev–Trinajstić information content (AvgIpc) is 3.20. The average molecular weight is 456 g/mol. The van der Waals surface area contributed by atoms with Gasteiger partial charge in [0.1, 0.15) is 17.2 Å². The quantitative estimate of drug-likeness (QED) is 0.563. The Hall–Kier alpha value is -3.75. The van der Waals surface area contributed by atoms with Gasteiger partial charge in [0.25, 0.3) is 5.91 Å². The number of para-hydroxylation sites is 2. The van der Waals surface area contributed by atoms with E-state index < -0.39 is 23.8 Å². The molecular formula is C24H29N3O6. The van der Waals surface area contributed by atoms with Gasteiger partial charge < -0.3 is 19.1 Å². The summed E-state index contributed by atoms with van der Waals surface area (Å²) >= 11 is 0. The van der Waals surface area contributed by atoms with Crippen molar-refractivity contribution in [1.29, 1.82) is 0 Å². The summed E-state index contributed by atoms with van der Waals surface area (Å²) in [5.74, 6) is 0.0516. The van der Waals surface area contributed by atoms with E-state index in [4.69, 9.17) is 14.2 Å². The van der Waals surface area contributed by atoms with Crippen molar-refractivity contribution in [2.24, 2.45) is 5.92 Å². The summed E-state index contributed by atoms with van der Waals surface area (Å²) in [5, 5.41) is 0. The number of rotatable bonds is 9. The van der Waals surface area contributed by atoms with Gasteiger partial charge in [-0.1, -0.05) is 12.1 Å². The highest BCUT2D eigenvalue weighted by molar-refractivity contribution is 6.01. The van der Waals surface area contributed by atoms with Gasteiger partial charge in [0.15, 0.2) is 6.10 Å². The summed E-state index contributed by atoms with van der Waals surface area (Å²) in [5.41, 5.74) is 5.40. The number of carbonyl (C=O) groups is 3. The molecule has 2 aromatic rings. The minimum atomic E-state index is -0.844. The predicted molar refractivity (Wildman–Crippen MR) is 122 cm³/mol. The van der Waals surface area contributed by atoms with E-state index in [-0.39, 0.29) is 18.9 Å². The van der Waals surface area contributed by atoms with Crippen molar-refractivity contribution in [2.45, 2.75) is 33.3 Å². The molecule has 176 valence electrons. The zero-order valence-electron chi connectivity index (χ0n) is 19.0. The van der Waals surface area contributed by atoms with Crippen molar-refractivity contribution in [1.82, 2.24) is 10.9 Å². The normalized spacial score (nSPS) is 16.2. The molecule has 0 saturated carbocycles. The Morgan fingerprint density at radius 1 is 1.00 bits per heavy atom. The predicted octanol–water partition coefficient (Wildman–Crippen LogP) is 2.45. The standard InChI is InChI=1S/C24H29N3O6/c1-4-31-18-10-12-19(13-11-18)33-16(3)23(29)25-26-24(30)17-14-22(28)27(15-17)20-8-6-7-9-21(20)32-5-2/h6-13,16-17H,4-5,14-15H2,1-3H3,(H,25,29)(H,26,30). The van der Waals surface area contributed by atoms with Gasteiger partial charge in [-0.05, 0) is 57.2 Å². The Balaban J connectivity index is 1.51. The summed E-state index contributed by atoms with van der Waals surface area (Å²) in [6, 6.07) is 14.1. The number of amides is 3. The summed E-state index contributed by atoms with van der Waals surface area (Å²) < 4.78 is 16.6. The van der Waals surface area contributed by atoms with Crippen molar-refractivity contribution >= 4 is 23.4 Å². The lowest BCUT2D eigenvalue weighted by Gasteiger charge is -2.20. The number of hydrogen-bond donors (Lipinski definition) is 2. The highest BCUT2D eigenvalue weighted by Crippen LogP contribution is 2.33. The second kappa shape index (κ2) is 11.2. The Morgan fingerprint density at radius 3 is 2.36 bits per heavy atom. The van der Waals surface area contributed by atoms with E-state index in [1.807, 2.05) is 26.0 Å². The van der Waals surface area contributed by atoms with Gasteiger partial charge in [0.05, 0.1) is 24.8 Å². The fourth-order valence-electron chi connectivity index (χ4n) is 3.44. The first-order chi connectivity index (χ1) is 15.9. The molecule has 1 saturated heterocycles. The van der Waals surface area contributed by atoms with Crippen molar-refractivity contribution in [2.75, 3.05) is 24.7 Å². The molecule has 2 N–H and O–H groups in total. The maximum Gasteiger partial charge on any atom is 0.279 e. The summed E-state index contributed by atoms with van der Waals surface area (Å²) in [4.78, 5) is 39.0. The van der Waals surface area contributed by atoms with Gasteiger partial charge >= 0.3 is 0 Å². The van der Waals surface area contributed by atoms with Crippen LogP contribution in [0.3, 0.4) is 0 Å². The highest BCUT2D eigenvalue weighted by atomic mass is 16.5. The molecule has 0 aliphatic carbocycles. The number of nitrogens with zero attached hydrogens (tertiary/aromatic N) is 1. The van der Waals surface area contributed by atoms with E-state index in [9.17, 15) is 14.4 Å². The monoisotopic (exact) mass is 455 g/mol. The van der Waals surface area contributed by atoms with E-state index in [1.165, 1.54) is 4.90 Å². The fraction of sp³-hybridized carbons (Fsp3) is 0.375. The largest absolute Gasteiger partial charge is 0.494 e. The maximum absolute atomic E-state index is 12.6. The third kappa shape index (κ3) is 6.15. The molecule has 3 rings (SSSR count). The molecule has 1 aliphatic heterocycles. The van der Waals surface area contributed by atoms with Crippen LogP contribution >= 0.6 is 0 Å². The first-order valence-electron chi connectivity index (χ1n) is 10.9. The highest BCUT2D eigenvalue weighted by Gasteiger charge is 2.36. The zero-order chi connectivity index (χ0) is 23.8. The third-order valence-electron chi connectivity index (χ3n) is 5.08. The van der Waals surface area contributed by atoms with E-state index in [0.717, 1.165) is 0 Å². The Labute approximate surface area is 193 Å². The van der Waals surface area contributed by atoms with Gasteiger partial charge in [0.2, 0.25) is 11.8 Å². The second-order valence-corrected chi connectivity index (χ2v) is 7.45. The van der Waals surface area contributed by atoms with Crippen LogP contribution in [-0.4, -0.2) is 43.6 Å². The zero-order valence-corrected chi connectivity index (χ0v) is 19.0. The van der Waals surface area contributed by atoms with Crippen LogP contribution < -0.4 is 30.0 Å². The lowest BCUT2D eigenvalue weighted by atomic mass is 10.1. The molecule has 9 nitrogen and oxygen atoms in total. The molecule has 0 radical (unpaired) electrons. The number of hydrogen-bond acceptors (Lipinski definition) is 6. The Bertz CT molecular complexity index is 978. The van der Waals surface area contributed by atoms with Crippen molar-refractivity contribution in [3.8, 4) is 17.2 Å². The number of benzene rings is 2. The van der Waals surface area contributed by atoms with Gasteiger partial charge in [-0.25, -0.2) is 0 Å². The van der Waals surface area contributed by atoms with Gasteiger partial charge in [0, 0.05) is 13.0 Å². The molecule has 1 fully saturated rings. The molecule has 2 unspecified atom stereocenters. The summed E-state index contributed by atoms with van der Waals surface area (Å²) in [7, 11) is 0. The molecule has 3 amide bonds. The number of nitrogens with one attached hydrogen (secondary N) is 2. The molecular weight excluding hydrogens is 426 g/mol. The van der Waals surface area contributed by atoms with Gasteiger partial charge in [-0.2, -0.15) is 0 Å². The topological polar surface area (TPSA) is 106 Å².